The standard InChI is InChI=1S/C10H16BClN5O5P/c11-23(19)20-1-3-6(22-23)5(18)9(21-3)17-8-4(16-10(17)12)7(13)14-2-15-8/h2-3,5-6,9-10,16,18-19,23H,1,11H2,(H2,13,14,15)/t3?,5?,6-,9?,10?/m1/s1. The Bertz CT molecular complexity index is 644. The number of nitrogens with two attached hydrogens (primary N) is 1. The van der Waals surface area contributed by atoms with Gasteiger partial charge in [-0.15, -0.1) is 0 Å². The third kappa shape index (κ3) is 2.44. The van der Waals surface area contributed by atoms with Crippen molar-refractivity contribution >= 4 is 44.3 Å². The van der Waals surface area contributed by atoms with Crippen molar-refractivity contribution in [2.45, 2.75) is 30.2 Å². The quantitative estimate of drug-likeness (QED) is 0.199. The molecule has 0 radical (unpaired) electrons. The number of alkyl halides is 1. The SMILES string of the molecule is B[PH]1(O)OCC2OC(N3c4ncnc(N)c4NC3Cl)C(O)[C@@H]2O1. The Labute approximate surface area is 137 Å². The predicted molar refractivity (Wildman–Crippen MR) is 86.8 cm³/mol. The topological polar surface area (TPSA) is 135 Å². The van der Waals surface area contributed by atoms with Gasteiger partial charge in [-0.3, -0.25) is 0 Å². The van der Waals surface area contributed by atoms with E-state index < -0.39 is 38.0 Å². The number of aliphatic hydroxyl groups is 1. The molecule has 1 aromatic heterocycles. The van der Waals surface area contributed by atoms with Crippen LogP contribution in [0.4, 0.5) is 17.3 Å². The molecule has 4 heterocycles. The second kappa shape index (κ2) is 5.28. The molecule has 0 aromatic carbocycles. The number of fused-ring (bicyclic) bond motifs is 2. The van der Waals surface area contributed by atoms with Gasteiger partial charge in [0.25, 0.3) is 0 Å². The van der Waals surface area contributed by atoms with E-state index in [-0.39, 0.29) is 12.4 Å². The summed E-state index contributed by atoms with van der Waals surface area (Å²) in [5, 5.41) is 13.5. The minimum absolute atomic E-state index is 0.143. The summed E-state index contributed by atoms with van der Waals surface area (Å²) in [6.45, 7) is 0.143. The van der Waals surface area contributed by atoms with Gasteiger partial charge in [-0.1, -0.05) is 0 Å². The molecular formula is C10H16BClN5O5P. The van der Waals surface area contributed by atoms with Crippen LogP contribution < -0.4 is 16.0 Å². The number of halogens is 1. The third-order valence-electron chi connectivity index (χ3n) is 4.06. The second-order valence-corrected chi connectivity index (χ2v) is 8.43. The fourth-order valence-electron chi connectivity index (χ4n) is 3.02. The molecule has 0 aliphatic carbocycles. The maximum atomic E-state index is 10.6. The zero-order chi connectivity index (χ0) is 16.4. The van der Waals surface area contributed by atoms with Crippen LogP contribution in [0.3, 0.4) is 0 Å². The maximum absolute atomic E-state index is 10.6. The van der Waals surface area contributed by atoms with Crippen LogP contribution in [0.15, 0.2) is 6.33 Å². The molecule has 126 valence electrons. The summed E-state index contributed by atoms with van der Waals surface area (Å²) in [7, 11) is -1.74. The van der Waals surface area contributed by atoms with E-state index >= 15 is 0 Å². The van der Waals surface area contributed by atoms with E-state index in [4.69, 9.17) is 31.1 Å². The molecular weight excluding hydrogens is 347 g/mol. The summed E-state index contributed by atoms with van der Waals surface area (Å²) < 4.78 is 16.6. The predicted octanol–water partition coefficient (Wildman–Crippen LogP) is -1.65. The van der Waals surface area contributed by atoms with Crippen molar-refractivity contribution in [2.24, 2.45) is 0 Å². The van der Waals surface area contributed by atoms with Crippen molar-refractivity contribution in [3.63, 3.8) is 0 Å². The number of aromatic nitrogens is 2. The van der Waals surface area contributed by atoms with Gasteiger partial charge in [-0.2, -0.15) is 0 Å². The van der Waals surface area contributed by atoms with Crippen LogP contribution in [0.25, 0.3) is 0 Å². The number of nitrogens with one attached hydrogen (secondary N) is 1. The summed E-state index contributed by atoms with van der Waals surface area (Å²) in [6.07, 6.45) is -1.74. The normalized spacial score (nSPS) is 39.4. The molecule has 4 unspecified atom stereocenters. The van der Waals surface area contributed by atoms with Gasteiger partial charge in [0.05, 0.1) is 0 Å². The molecule has 5 atom stereocenters. The molecule has 0 spiro atoms. The van der Waals surface area contributed by atoms with E-state index in [2.05, 4.69) is 15.3 Å². The summed E-state index contributed by atoms with van der Waals surface area (Å²) >= 11 is 6.30. The monoisotopic (exact) mass is 363 g/mol. The molecule has 0 amide bonds. The Morgan fingerprint density at radius 2 is 2.30 bits per heavy atom. The van der Waals surface area contributed by atoms with Gasteiger partial charge in [0.1, 0.15) is 0 Å². The minimum atomic E-state index is -3.24. The molecule has 2 fully saturated rings. The van der Waals surface area contributed by atoms with Gasteiger partial charge in [0, 0.05) is 0 Å². The van der Waals surface area contributed by atoms with Crippen LogP contribution in [0.5, 0.6) is 0 Å². The second-order valence-electron chi connectivity index (χ2n) is 5.69. The van der Waals surface area contributed by atoms with Crippen molar-refractivity contribution in [1.29, 1.82) is 0 Å². The van der Waals surface area contributed by atoms with Gasteiger partial charge in [0.2, 0.25) is 0 Å². The van der Waals surface area contributed by atoms with E-state index in [9.17, 15) is 10.00 Å². The first-order valence-corrected chi connectivity index (χ1v) is 9.74. The van der Waals surface area contributed by atoms with Gasteiger partial charge < -0.3 is 0 Å². The van der Waals surface area contributed by atoms with Gasteiger partial charge in [0.15, 0.2) is 0 Å². The fourth-order valence-corrected chi connectivity index (χ4v) is 4.67. The molecule has 3 aliphatic rings. The summed E-state index contributed by atoms with van der Waals surface area (Å²) in [4.78, 5) is 19.6. The van der Waals surface area contributed by atoms with Gasteiger partial charge >= 0.3 is 137 Å². The average molecular weight is 364 g/mol. The summed E-state index contributed by atoms with van der Waals surface area (Å²) in [5.74, 6) is 0.688. The molecule has 4 rings (SSSR count). The van der Waals surface area contributed by atoms with E-state index in [1.807, 2.05) is 0 Å². The summed E-state index contributed by atoms with van der Waals surface area (Å²) in [6, 6.07) is 0. The first-order valence-electron chi connectivity index (χ1n) is 7.04. The molecule has 2 saturated heterocycles. The van der Waals surface area contributed by atoms with Crippen molar-refractivity contribution < 1.29 is 23.8 Å². The first kappa shape index (κ1) is 15.6. The van der Waals surface area contributed by atoms with E-state index in [1.165, 1.54) is 13.9 Å². The Morgan fingerprint density at radius 3 is 3.09 bits per heavy atom. The summed E-state index contributed by atoms with van der Waals surface area (Å²) in [5.41, 5.74) is 5.57. The Morgan fingerprint density at radius 1 is 1.52 bits per heavy atom. The zero-order valence-corrected chi connectivity index (χ0v) is 13.8. The molecule has 5 N–H and O–H groups in total. The third-order valence-corrected chi connectivity index (χ3v) is 5.79. The fraction of sp³-hybridized carbons (Fsp3) is 0.600. The molecule has 10 nitrogen and oxygen atoms in total. The number of hydrogen-bond acceptors (Lipinski definition) is 10. The van der Waals surface area contributed by atoms with Crippen molar-refractivity contribution in [1.82, 2.24) is 9.97 Å². The van der Waals surface area contributed by atoms with Crippen LogP contribution in [0.1, 0.15) is 0 Å². The number of hydrogen-bond donors (Lipinski definition) is 4. The molecule has 0 saturated carbocycles. The van der Waals surface area contributed by atoms with Crippen LogP contribution in [-0.4, -0.2) is 64.3 Å². The Balaban J connectivity index is 1.64. The van der Waals surface area contributed by atoms with Gasteiger partial charge in [-0.25, -0.2) is 0 Å². The number of nitrogens with zero attached hydrogens (tertiary/aromatic N) is 3. The number of aliphatic hydroxyl groups excluding tert-OH is 1. The van der Waals surface area contributed by atoms with Crippen LogP contribution in [0.2, 0.25) is 0 Å². The first-order chi connectivity index (χ1) is 10.9. The number of anilines is 3. The van der Waals surface area contributed by atoms with Crippen molar-refractivity contribution in [2.75, 3.05) is 22.6 Å². The van der Waals surface area contributed by atoms with Crippen LogP contribution in [-0.2, 0) is 13.8 Å². The van der Waals surface area contributed by atoms with Crippen LogP contribution in [0, 0.1) is 0 Å². The molecule has 1 aromatic rings. The molecule has 3 aliphatic heterocycles. The van der Waals surface area contributed by atoms with E-state index in [1.54, 1.807) is 4.90 Å². The van der Waals surface area contributed by atoms with Crippen molar-refractivity contribution in [3.05, 3.63) is 6.33 Å². The van der Waals surface area contributed by atoms with Crippen LogP contribution >= 0.6 is 19.4 Å². The Hall–Kier alpha value is -0.935. The van der Waals surface area contributed by atoms with Gasteiger partial charge in [-0.05, 0) is 0 Å². The van der Waals surface area contributed by atoms with E-state index in [0.717, 1.165) is 0 Å². The number of ether oxygens (including phenoxy) is 1. The number of rotatable bonds is 1. The Kier molecular flexibility index (Phi) is 3.58. The average Bonchev–Trinajstić information content (AvgIpc) is 2.97. The number of nitrogen functional groups attached to an aromatic ring is 1. The molecule has 23 heavy (non-hydrogen) atoms. The zero-order valence-electron chi connectivity index (χ0n) is 12.1. The van der Waals surface area contributed by atoms with Crippen molar-refractivity contribution in [3.8, 4) is 0 Å². The molecule has 13 heteroatoms. The van der Waals surface area contributed by atoms with E-state index in [0.29, 0.717) is 11.5 Å². The molecule has 0 bridgehead atoms.